The molecule has 86 valence electrons. The highest BCUT2D eigenvalue weighted by Gasteiger charge is 2.21. The molecule has 0 bridgehead atoms. The van der Waals surface area contributed by atoms with Crippen molar-refractivity contribution in [3.8, 4) is 0 Å². The number of rotatable bonds is 4. The van der Waals surface area contributed by atoms with E-state index in [4.69, 9.17) is 5.11 Å². The molecule has 1 rings (SSSR count). The van der Waals surface area contributed by atoms with Gasteiger partial charge < -0.3 is 10.4 Å². The number of hydrogen-bond acceptors (Lipinski definition) is 2. The molecule has 1 fully saturated rings. The largest absolute Gasteiger partial charge is 0.481 e. The summed E-state index contributed by atoms with van der Waals surface area (Å²) < 4.78 is 0. The molecular weight excluding hydrogens is 194 g/mol. The van der Waals surface area contributed by atoms with E-state index in [0.29, 0.717) is 18.4 Å². The molecule has 4 heteroatoms. The van der Waals surface area contributed by atoms with Gasteiger partial charge in [0.2, 0.25) is 5.91 Å². The summed E-state index contributed by atoms with van der Waals surface area (Å²) in [4.78, 5) is 21.4. The maximum Gasteiger partial charge on any atom is 0.312 e. The fraction of sp³-hybridized carbons (Fsp3) is 0.818. The molecule has 1 amide bonds. The Kier molecular flexibility index (Phi) is 4.59. The van der Waals surface area contributed by atoms with Crippen molar-refractivity contribution in [2.24, 2.45) is 11.8 Å². The van der Waals surface area contributed by atoms with E-state index in [1.54, 1.807) is 0 Å². The highest BCUT2D eigenvalue weighted by Crippen LogP contribution is 2.28. The van der Waals surface area contributed by atoms with Crippen LogP contribution in [0.2, 0.25) is 0 Å². The average molecular weight is 213 g/mol. The second-order valence-electron chi connectivity index (χ2n) is 4.40. The molecule has 0 spiro atoms. The topological polar surface area (TPSA) is 66.4 Å². The van der Waals surface area contributed by atoms with Gasteiger partial charge in [0.25, 0.3) is 0 Å². The van der Waals surface area contributed by atoms with Crippen LogP contribution in [0.1, 0.15) is 39.0 Å². The van der Waals surface area contributed by atoms with Crippen LogP contribution in [0.4, 0.5) is 0 Å². The van der Waals surface area contributed by atoms with Crippen LogP contribution in [0.25, 0.3) is 0 Å². The summed E-state index contributed by atoms with van der Waals surface area (Å²) in [6, 6.07) is 0. The Bertz CT molecular complexity index is 240. The quantitative estimate of drug-likeness (QED) is 0.694. The zero-order valence-corrected chi connectivity index (χ0v) is 9.16. The average Bonchev–Trinajstić information content (AvgIpc) is 2.15. The van der Waals surface area contributed by atoms with Gasteiger partial charge in [-0.05, 0) is 18.3 Å². The summed E-state index contributed by atoms with van der Waals surface area (Å²) in [7, 11) is 0. The van der Waals surface area contributed by atoms with Crippen molar-refractivity contribution in [1.29, 1.82) is 0 Å². The van der Waals surface area contributed by atoms with Gasteiger partial charge >= 0.3 is 5.97 Å². The monoisotopic (exact) mass is 213 g/mol. The molecule has 1 saturated carbocycles. The molecule has 0 aliphatic heterocycles. The highest BCUT2D eigenvalue weighted by atomic mass is 16.4. The summed E-state index contributed by atoms with van der Waals surface area (Å²) in [5.74, 6) is -0.273. The third-order valence-electron chi connectivity index (χ3n) is 3.16. The Labute approximate surface area is 90.0 Å². The normalized spacial score (nSPS) is 25.9. The molecule has 0 aromatic rings. The third kappa shape index (κ3) is 4.32. The number of nitrogens with one attached hydrogen (secondary N) is 1. The van der Waals surface area contributed by atoms with Crippen molar-refractivity contribution < 1.29 is 14.7 Å². The Balaban J connectivity index is 2.23. The van der Waals surface area contributed by atoms with E-state index >= 15 is 0 Å². The van der Waals surface area contributed by atoms with Crippen LogP contribution in [0.15, 0.2) is 0 Å². The summed E-state index contributed by atoms with van der Waals surface area (Å²) >= 11 is 0. The summed E-state index contributed by atoms with van der Waals surface area (Å²) in [6.07, 6.45) is 4.46. The van der Waals surface area contributed by atoms with Gasteiger partial charge in [-0.2, -0.15) is 0 Å². The van der Waals surface area contributed by atoms with E-state index in [0.717, 1.165) is 6.42 Å². The van der Waals surface area contributed by atoms with Gasteiger partial charge in [-0.1, -0.05) is 26.2 Å². The molecule has 1 aliphatic carbocycles. The predicted molar refractivity (Wildman–Crippen MR) is 56.4 cm³/mol. The van der Waals surface area contributed by atoms with Crippen LogP contribution in [-0.2, 0) is 9.59 Å². The minimum atomic E-state index is -1.07. The maximum absolute atomic E-state index is 11.1. The molecule has 0 heterocycles. The molecule has 2 unspecified atom stereocenters. The van der Waals surface area contributed by atoms with Gasteiger partial charge in [-0.15, -0.1) is 0 Å². The van der Waals surface area contributed by atoms with Crippen LogP contribution < -0.4 is 5.32 Å². The summed E-state index contributed by atoms with van der Waals surface area (Å²) in [6.45, 7) is 2.83. The van der Waals surface area contributed by atoms with E-state index in [2.05, 4.69) is 12.2 Å². The minimum Gasteiger partial charge on any atom is -0.481 e. The first-order valence-electron chi connectivity index (χ1n) is 5.58. The molecule has 0 aromatic carbocycles. The lowest BCUT2D eigenvalue weighted by atomic mass is 9.80. The first-order valence-corrected chi connectivity index (χ1v) is 5.58. The van der Waals surface area contributed by atoms with E-state index in [1.807, 2.05) is 0 Å². The lowest BCUT2D eigenvalue weighted by Gasteiger charge is -2.28. The van der Waals surface area contributed by atoms with Crippen LogP contribution in [-0.4, -0.2) is 23.5 Å². The van der Waals surface area contributed by atoms with Crippen molar-refractivity contribution in [2.75, 3.05) is 6.54 Å². The number of aliphatic carboxylic acids is 1. The third-order valence-corrected chi connectivity index (χ3v) is 3.16. The van der Waals surface area contributed by atoms with Crippen molar-refractivity contribution in [3.63, 3.8) is 0 Å². The SMILES string of the molecule is CC1CCCCC1CNC(=O)CC(=O)O. The number of carbonyl (C=O) groups is 2. The molecule has 0 radical (unpaired) electrons. The van der Waals surface area contributed by atoms with Crippen molar-refractivity contribution >= 4 is 11.9 Å². The Morgan fingerprint density at radius 3 is 2.60 bits per heavy atom. The van der Waals surface area contributed by atoms with E-state index in [-0.39, 0.29) is 5.91 Å². The highest BCUT2D eigenvalue weighted by molar-refractivity contribution is 5.93. The zero-order valence-electron chi connectivity index (χ0n) is 9.16. The number of carbonyl (C=O) groups excluding carboxylic acids is 1. The first-order chi connectivity index (χ1) is 7.09. The van der Waals surface area contributed by atoms with Gasteiger partial charge in [0.15, 0.2) is 0 Å². The van der Waals surface area contributed by atoms with Crippen molar-refractivity contribution in [3.05, 3.63) is 0 Å². The fourth-order valence-corrected chi connectivity index (χ4v) is 2.14. The van der Waals surface area contributed by atoms with Crippen molar-refractivity contribution in [2.45, 2.75) is 39.0 Å². The lowest BCUT2D eigenvalue weighted by molar-refractivity contribution is -0.140. The molecule has 2 N–H and O–H groups in total. The zero-order chi connectivity index (χ0) is 11.3. The Morgan fingerprint density at radius 2 is 2.00 bits per heavy atom. The van der Waals surface area contributed by atoms with Gasteiger partial charge in [-0.25, -0.2) is 0 Å². The van der Waals surface area contributed by atoms with Crippen LogP contribution in [0.3, 0.4) is 0 Å². The van der Waals surface area contributed by atoms with Crippen LogP contribution in [0.5, 0.6) is 0 Å². The van der Waals surface area contributed by atoms with Crippen LogP contribution >= 0.6 is 0 Å². The molecule has 0 saturated heterocycles. The summed E-state index contributed by atoms with van der Waals surface area (Å²) in [5, 5.41) is 11.1. The second-order valence-corrected chi connectivity index (χ2v) is 4.40. The molecule has 4 nitrogen and oxygen atoms in total. The number of carboxylic acid groups (broad SMARTS) is 1. The van der Waals surface area contributed by atoms with E-state index in [9.17, 15) is 9.59 Å². The van der Waals surface area contributed by atoms with E-state index < -0.39 is 12.4 Å². The Hall–Kier alpha value is -1.06. The molecular formula is C11H19NO3. The van der Waals surface area contributed by atoms with Gasteiger partial charge in [0, 0.05) is 6.54 Å². The number of carboxylic acids is 1. The summed E-state index contributed by atoms with van der Waals surface area (Å²) in [5.41, 5.74) is 0. The van der Waals surface area contributed by atoms with Gasteiger partial charge in [0.1, 0.15) is 6.42 Å². The molecule has 0 aromatic heterocycles. The van der Waals surface area contributed by atoms with Crippen LogP contribution in [0, 0.1) is 11.8 Å². The minimum absolute atomic E-state index is 0.375. The maximum atomic E-state index is 11.1. The predicted octanol–water partition coefficient (Wildman–Crippen LogP) is 1.40. The lowest BCUT2D eigenvalue weighted by Crippen LogP contribution is -2.34. The second kappa shape index (κ2) is 5.73. The number of amides is 1. The first kappa shape index (κ1) is 12.0. The van der Waals surface area contributed by atoms with Gasteiger partial charge in [0.05, 0.1) is 0 Å². The standard InChI is InChI=1S/C11H19NO3/c1-8-4-2-3-5-9(8)7-12-10(13)6-11(14)15/h8-9H,2-7H2,1H3,(H,12,13)(H,14,15). The van der Waals surface area contributed by atoms with Gasteiger partial charge in [-0.3, -0.25) is 9.59 Å². The molecule has 15 heavy (non-hydrogen) atoms. The fourth-order valence-electron chi connectivity index (χ4n) is 2.14. The Morgan fingerprint density at radius 1 is 1.33 bits per heavy atom. The number of hydrogen-bond donors (Lipinski definition) is 2. The van der Waals surface area contributed by atoms with E-state index in [1.165, 1.54) is 19.3 Å². The molecule has 1 aliphatic rings. The smallest absolute Gasteiger partial charge is 0.312 e. The molecule has 2 atom stereocenters. The van der Waals surface area contributed by atoms with Crippen molar-refractivity contribution in [1.82, 2.24) is 5.32 Å².